The molecule has 0 amide bonds. The monoisotopic (exact) mass is 830 g/mol. The van der Waals surface area contributed by atoms with E-state index in [0.29, 0.717) is 19.4 Å². The number of rotatable bonds is 40. The molecule has 58 heavy (non-hydrogen) atoms. The van der Waals surface area contributed by atoms with E-state index in [-0.39, 0.29) is 26.1 Å². The number of carbonyl (C=O) groups excluding carboxylic acids is 2. The number of carbonyl (C=O) groups is 2. The Balaban J connectivity index is 4.35. The van der Waals surface area contributed by atoms with Crippen LogP contribution in [0.5, 0.6) is 0 Å². The van der Waals surface area contributed by atoms with Crippen molar-refractivity contribution in [3.8, 4) is 0 Å². The topological polar surface area (TPSA) is 120 Å². The average molecular weight is 830 g/mol. The molecule has 0 saturated carbocycles. The largest absolute Gasteiger partial charge is 0.472 e. The smallest absolute Gasteiger partial charge is 0.462 e. The van der Waals surface area contributed by atoms with Crippen molar-refractivity contribution < 1.29 is 37.6 Å². The lowest BCUT2D eigenvalue weighted by atomic mass is 10.1. The molecule has 0 fully saturated rings. The van der Waals surface area contributed by atoms with Gasteiger partial charge < -0.3 is 19.7 Å². The van der Waals surface area contributed by atoms with Gasteiger partial charge in [0.1, 0.15) is 6.61 Å². The van der Waals surface area contributed by atoms with Crippen molar-refractivity contribution in [3.63, 3.8) is 0 Å². The number of ether oxygens (including phenoxy) is 2. The van der Waals surface area contributed by atoms with Gasteiger partial charge in [-0.25, -0.2) is 4.57 Å². The normalized spacial score (nSPS) is 14.2. The van der Waals surface area contributed by atoms with Crippen LogP contribution in [-0.4, -0.2) is 56.3 Å². The summed E-state index contributed by atoms with van der Waals surface area (Å²) in [6.07, 6.45) is 54.5. The van der Waals surface area contributed by atoms with Crippen LogP contribution in [0.25, 0.3) is 0 Å². The Morgan fingerprint density at radius 1 is 0.552 bits per heavy atom. The highest BCUT2D eigenvalue weighted by Gasteiger charge is 2.26. The molecule has 10 heteroatoms. The molecule has 2 N–H and O–H groups in total. The lowest BCUT2D eigenvalue weighted by molar-refractivity contribution is -0.161. The molecular weight excluding hydrogens is 750 g/mol. The summed E-state index contributed by atoms with van der Waals surface area (Å²) in [5.41, 5.74) is 0. The lowest BCUT2D eigenvalue weighted by Gasteiger charge is -2.20. The van der Waals surface area contributed by atoms with Crippen LogP contribution in [0.1, 0.15) is 155 Å². The van der Waals surface area contributed by atoms with Gasteiger partial charge in [0.15, 0.2) is 6.10 Å². The van der Waals surface area contributed by atoms with Gasteiger partial charge in [-0.3, -0.25) is 18.6 Å². The number of hydrogen-bond donors (Lipinski definition) is 2. The van der Waals surface area contributed by atoms with Gasteiger partial charge in [-0.05, 0) is 103 Å². The lowest BCUT2D eigenvalue weighted by Crippen LogP contribution is -2.29. The zero-order valence-electron chi connectivity index (χ0n) is 36.5. The summed E-state index contributed by atoms with van der Waals surface area (Å²) in [7, 11) is -2.68. The molecule has 0 saturated heterocycles. The van der Waals surface area contributed by atoms with Gasteiger partial charge in [0.05, 0.1) is 13.2 Å². The van der Waals surface area contributed by atoms with Crippen molar-refractivity contribution >= 4 is 19.8 Å². The fourth-order valence-electron chi connectivity index (χ4n) is 5.35. The van der Waals surface area contributed by atoms with Crippen molar-refractivity contribution in [1.82, 2.24) is 5.32 Å². The fraction of sp³-hybridized carbons (Fsp3) is 0.625. The molecule has 0 bridgehead atoms. The Hall–Kier alpha value is -3.07. The maximum Gasteiger partial charge on any atom is 0.472 e. The third kappa shape index (κ3) is 42.5. The summed E-state index contributed by atoms with van der Waals surface area (Å²) in [4.78, 5) is 35.1. The molecule has 0 rings (SSSR count). The molecule has 0 aliphatic rings. The molecule has 2 atom stereocenters. The van der Waals surface area contributed by atoms with E-state index in [2.05, 4.69) is 116 Å². The predicted octanol–water partition coefficient (Wildman–Crippen LogP) is 12.9. The van der Waals surface area contributed by atoms with Crippen LogP contribution in [0.3, 0.4) is 0 Å². The molecule has 0 aromatic heterocycles. The van der Waals surface area contributed by atoms with Gasteiger partial charge >= 0.3 is 19.8 Å². The van der Waals surface area contributed by atoms with Crippen LogP contribution in [0, 0.1) is 0 Å². The van der Waals surface area contributed by atoms with E-state index in [4.69, 9.17) is 18.5 Å². The second kappa shape index (κ2) is 43.5. The van der Waals surface area contributed by atoms with Gasteiger partial charge in [0.2, 0.25) is 0 Å². The summed E-state index contributed by atoms with van der Waals surface area (Å²) < 4.78 is 33.2. The summed E-state index contributed by atoms with van der Waals surface area (Å²) in [5, 5.41) is 2.82. The number of likely N-dealkylation sites (N-methyl/N-ethyl adjacent to an activating group) is 1. The summed E-state index contributed by atoms with van der Waals surface area (Å²) in [6.45, 7) is 3.99. The molecule has 330 valence electrons. The van der Waals surface area contributed by atoms with E-state index < -0.39 is 32.5 Å². The van der Waals surface area contributed by atoms with E-state index in [1.807, 2.05) is 0 Å². The van der Waals surface area contributed by atoms with Crippen molar-refractivity contribution in [2.75, 3.05) is 33.4 Å². The molecule has 0 aromatic carbocycles. The van der Waals surface area contributed by atoms with Gasteiger partial charge in [-0.2, -0.15) is 0 Å². The SMILES string of the molecule is CC/C=C\C/C=C\C/C=C\C/C=C\CCCCCCC(=O)OC(COC(=O)CCCCC/C=C\C/C=C\C/C=C\C/C=C\CCCCC)COP(=O)(O)OCCNC. The van der Waals surface area contributed by atoms with Crippen molar-refractivity contribution in [3.05, 3.63) is 97.2 Å². The summed E-state index contributed by atoms with van der Waals surface area (Å²) >= 11 is 0. The minimum absolute atomic E-state index is 0.0333. The number of nitrogens with one attached hydrogen (secondary N) is 1. The number of allylic oxidation sites excluding steroid dienone is 16. The van der Waals surface area contributed by atoms with Crippen LogP contribution >= 0.6 is 7.82 Å². The first-order valence-electron chi connectivity index (χ1n) is 22.2. The number of phosphoric ester groups is 1. The van der Waals surface area contributed by atoms with E-state index in [1.165, 1.54) is 25.7 Å². The molecule has 2 unspecified atom stereocenters. The van der Waals surface area contributed by atoms with Gasteiger partial charge in [-0.1, -0.05) is 143 Å². The standard InChI is InChI=1S/C48H80NO8P/c1-4-6-8-10-12-14-16-18-20-22-23-25-26-28-30-32-34-36-38-40-47(50)54-44-46(45-56-58(52,53)55-43-42-49-3)57-48(51)41-39-37-35-33-31-29-27-24-21-19-17-15-13-11-9-7-5-2/h7,9,12-15,18-21,23,25,27-30,46,49H,4-6,8,10-11,16-17,22,24,26,31-45H2,1-3H3,(H,52,53)/b9-7-,14-12-,15-13-,20-18-,21-19-,25-23-,29-27-,30-28-. The average Bonchev–Trinajstić information content (AvgIpc) is 3.21. The zero-order chi connectivity index (χ0) is 42.5. The Morgan fingerprint density at radius 3 is 1.47 bits per heavy atom. The number of unbranched alkanes of at least 4 members (excludes halogenated alkanes) is 10. The molecule has 0 radical (unpaired) electrons. The first kappa shape index (κ1) is 54.9. The highest BCUT2D eigenvalue weighted by molar-refractivity contribution is 7.47. The van der Waals surface area contributed by atoms with Crippen LogP contribution in [0.15, 0.2) is 97.2 Å². The molecule has 0 spiro atoms. The zero-order valence-corrected chi connectivity index (χ0v) is 37.3. The highest BCUT2D eigenvalue weighted by Crippen LogP contribution is 2.43. The molecule has 9 nitrogen and oxygen atoms in total. The third-order valence-corrected chi connectivity index (χ3v) is 9.67. The molecular formula is C48H80NO8P. The van der Waals surface area contributed by atoms with E-state index in [9.17, 15) is 19.0 Å². The Morgan fingerprint density at radius 2 is 0.983 bits per heavy atom. The van der Waals surface area contributed by atoms with Crippen molar-refractivity contribution in [2.24, 2.45) is 0 Å². The van der Waals surface area contributed by atoms with Crippen molar-refractivity contribution in [1.29, 1.82) is 0 Å². The van der Waals surface area contributed by atoms with E-state index in [0.717, 1.165) is 89.9 Å². The van der Waals surface area contributed by atoms with Crippen LogP contribution in [-0.2, 0) is 32.7 Å². The van der Waals surface area contributed by atoms with E-state index >= 15 is 0 Å². The van der Waals surface area contributed by atoms with Crippen LogP contribution in [0.2, 0.25) is 0 Å². The quantitative estimate of drug-likeness (QED) is 0.0269. The van der Waals surface area contributed by atoms with Gasteiger partial charge in [-0.15, -0.1) is 0 Å². The fourth-order valence-corrected chi connectivity index (χ4v) is 6.10. The van der Waals surface area contributed by atoms with Crippen LogP contribution < -0.4 is 5.32 Å². The maximum atomic E-state index is 12.6. The molecule has 0 heterocycles. The predicted molar refractivity (Wildman–Crippen MR) is 243 cm³/mol. The Bertz CT molecular complexity index is 1270. The minimum Gasteiger partial charge on any atom is -0.462 e. The Kier molecular flexibility index (Phi) is 41.2. The number of esters is 2. The number of phosphoric acid groups is 1. The molecule has 0 aliphatic carbocycles. The molecule has 0 aliphatic heterocycles. The highest BCUT2D eigenvalue weighted by atomic mass is 31.2. The summed E-state index contributed by atoms with van der Waals surface area (Å²) in [6, 6.07) is 0. The van der Waals surface area contributed by atoms with Gasteiger partial charge in [0, 0.05) is 19.4 Å². The minimum atomic E-state index is -4.37. The number of hydrogen-bond acceptors (Lipinski definition) is 8. The summed E-state index contributed by atoms with van der Waals surface area (Å²) in [5.74, 6) is -0.881. The second-order valence-electron chi connectivity index (χ2n) is 14.1. The third-order valence-electron chi connectivity index (χ3n) is 8.69. The van der Waals surface area contributed by atoms with E-state index in [1.54, 1.807) is 7.05 Å². The molecule has 0 aromatic rings. The Labute approximate surface area is 353 Å². The maximum absolute atomic E-state index is 12.6. The van der Waals surface area contributed by atoms with Crippen molar-refractivity contribution in [2.45, 2.75) is 161 Å². The van der Waals surface area contributed by atoms with Crippen LogP contribution in [0.4, 0.5) is 0 Å². The first-order valence-corrected chi connectivity index (χ1v) is 23.7. The second-order valence-corrected chi connectivity index (χ2v) is 15.6. The first-order chi connectivity index (χ1) is 28.3. The van der Waals surface area contributed by atoms with Gasteiger partial charge in [0.25, 0.3) is 0 Å².